The van der Waals surface area contributed by atoms with Gasteiger partial charge >= 0.3 is 5.97 Å². The van der Waals surface area contributed by atoms with Crippen molar-refractivity contribution in [2.45, 2.75) is 17.7 Å². The first-order valence-electron chi connectivity index (χ1n) is 6.00. The number of hydrogen-bond acceptors (Lipinski definition) is 3. The average molecular weight is 383 g/mol. The lowest BCUT2D eigenvalue weighted by Crippen LogP contribution is -2.40. The highest BCUT2D eigenvalue weighted by Gasteiger charge is 2.32. The average Bonchev–Trinajstić information content (AvgIpc) is 2.41. The number of hydrogen-bond donors (Lipinski definition) is 1. The van der Waals surface area contributed by atoms with E-state index in [4.69, 9.17) is 16.7 Å². The SMILES string of the molecule is O=C(O)C1CCN(S(=O)(=O)c2ccc(Cl)c(Br)c2)CC1. The van der Waals surface area contributed by atoms with Gasteiger partial charge in [-0.1, -0.05) is 11.6 Å². The Morgan fingerprint density at radius 3 is 2.45 bits per heavy atom. The predicted molar refractivity (Wildman–Crippen MR) is 78.3 cm³/mol. The summed E-state index contributed by atoms with van der Waals surface area (Å²) in [6, 6.07) is 4.43. The van der Waals surface area contributed by atoms with Crippen molar-refractivity contribution in [2.24, 2.45) is 5.92 Å². The highest BCUT2D eigenvalue weighted by molar-refractivity contribution is 9.10. The fraction of sp³-hybridized carbons (Fsp3) is 0.417. The number of aliphatic carboxylic acids is 1. The Morgan fingerprint density at radius 1 is 1.35 bits per heavy atom. The van der Waals surface area contributed by atoms with E-state index in [9.17, 15) is 13.2 Å². The standard InChI is InChI=1S/C12H13BrClNO4S/c13-10-7-9(1-2-11(10)14)20(18,19)15-5-3-8(4-6-15)12(16)17/h1-2,7-8H,3-6H2,(H,16,17). The van der Waals surface area contributed by atoms with Crippen molar-refractivity contribution < 1.29 is 18.3 Å². The molecule has 1 aromatic rings. The quantitative estimate of drug-likeness (QED) is 0.872. The molecule has 1 N–H and O–H groups in total. The van der Waals surface area contributed by atoms with E-state index < -0.39 is 21.9 Å². The lowest BCUT2D eigenvalue weighted by molar-refractivity contribution is -0.142. The van der Waals surface area contributed by atoms with E-state index >= 15 is 0 Å². The van der Waals surface area contributed by atoms with Gasteiger partial charge in [0.1, 0.15) is 0 Å². The monoisotopic (exact) mass is 381 g/mol. The zero-order valence-corrected chi connectivity index (χ0v) is 13.6. The molecule has 110 valence electrons. The number of carbonyl (C=O) groups is 1. The minimum Gasteiger partial charge on any atom is -0.481 e. The van der Waals surface area contributed by atoms with Crippen LogP contribution in [0.25, 0.3) is 0 Å². The first-order valence-corrected chi connectivity index (χ1v) is 8.61. The van der Waals surface area contributed by atoms with Gasteiger partial charge in [0.05, 0.1) is 15.8 Å². The molecule has 1 heterocycles. The Bertz CT molecular complexity index is 626. The highest BCUT2D eigenvalue weighted by Crippen LogP contribution is 2.29. The molecule has 0 bridgehead atoms. The molecule has 0 spiro atoms. The fourth-order valence-electron chi connectivity index (χ4n) is 2.13. The predicted octanol–water partition coefficient (Wildman–Crippen LogP) is 2.59. The Labute approximate surface area is 130 Å². The minimum atomic E-state index is -3.60. The van der Waals surface area contributed by atoms with Gasteiger partial charge in [0.2, 0.25) is 10.0 Å². The van der Waals surface area contributed by atoms with Crippen LogP contribution in [-0.2, 0) is 14.8 Å². The van der Waals surface area contributed by atoms with Crippen molar-refractivity contribution in [2.75, 3.05) is 13.1 Å². The van der Waals surface area contributed by atoms with E-state index in [0.29, 0.717) is 22.3 Å². The summed E-state index contributed by atoms with van der Waals surface area (Å²) in [5, 5.41) is 9.36. The third kappa shape index (κ3) is 3.16. The van der Waals surface area contributed by atoms with Crippen LogP contribution in [0.1, 0.15) is 12.8 Å². The summed E-state index contributed by atoms with van der Waals surface area (Å²) >= 11 is 9.05. The number of carboxylic acids is 1. The van der Waals surface area contributed by atoms with E-state index in [1.165, 1.54) is 22.5 Å². The van der Waals surface area contributed by atoms with Crippen molar-refractivity contribution in [3.05, 3.63) is 27.7 Å². The number of piperidine rings is 1. The highest BCUT2D eigenvalue weighted by atomic mass is 79.9. The second-order valence-electron chi connectivity index (χ2n) is 4.59. The Morgan fingerprint density at radius 2 is 1.95 bits per heavy atom. The van der Waals surface area contributed by atoms with Crippen LogP contribution in [0.5, 0.6) is 0 Å². The fourth-order valence-corrected chi connectivity index (χ4v) is 4.27. The zero-order chi connectivity index (χ0) is 14.9. The molecule has 1 aromatic carbocycles. The molecular formula is C12H13BrClNO4S. The van der Waals surface area contributed by atoms with Gasteiger partial charge < -0.3 is 5.11 Å². The van der Waals surface area contributed by atoms with Crippen LogP contribution < -0.4 is 0 Å². The van der Waals surface area contributed by atoms with Gasteiger partial charge in [-0.3, -0.25) is 4.79 Å². The summed E-state index contributed by atoms with van der Waals surface area (Å²) in [7, 11) is -3.60. The van der Waals surface area contributed by atoms with Gasteiger partial charge in [-0.25, -0.2) is 8.42 Å². The molecule has 0 atom stereocenters. The molecule has 1 fully saturated rings. The molecule has 0 saturated carbocycles. The van der Waals surface area contributed by atoms with Crippen LogP contribution in [0.4, 0.5) is 0 Å². The maximum atomic E-state index is 12.4. The van der Waals surface area contributed by atoms with Crippen molar-refractivity contribution in [3.63, 3.8) is 0 Å². The topological polar surface area (TPSA) is 74.7 Å². The van der Waals surface area contributed by atoms with Crippen LogP contribution in [-0.4, -0.2) is 36.9 Å². The number of sulfonamides is 1. The zero-order valence-electron chi connectivity index (χ0n) is 10.4. The van der Waals surface area contributed by atoms with Crippen LogP contribution in [0, 0.1) is 5.92 Å². The van der Waals surface area contributed by atoms with Gasteiger partial charge in [-0.2, -0.15) is 4.31 Å². The van der Waals surface area contributed by atoms with Gasteiger partial charge in [0.15, 0.2) is 0 Å². The number of benzene rings is 1. The van der Waals surface area contributed by atoms with Crippen molar-refractivity contribution in [1.82, 2.24) is 4.31 Å². The molecule has 1 saturated heterocycles. The Balaban J connectivity index is 2.19. The summed E-state index contributed by atoms with van der Waals surface area (Å²) in [6.45, 7) is 0.444. The molecule has 0 unspecified atom stereocenters. The number of carboxylic acid groups (broad SMARTS) is 1. The smallest absolute Gasteiger partial charge is 0.306 e. The molecule has 2 rings (SSSR count). The molecule has 0 radical (unpaired) electrons. The van der Waals surface area contributed by atoms with Gasteiger partial charge in [-0.15, -0.1) is 0 Å². The molecular weight excluding hydrogens is 370 g/mol. The second-order valence-corrected chi connectivity index (χ2v) is 7.79. The summed E-state index contributed by atoms with van der Waals surface area (Å²) < 4.78 is 26.7. The summed E-state index contributed by atoms with van der Waals surface area (Å²) in [4.78, 5) is 11.0. The van der Waals surface area contributed by atoms with Gasteiger partial charge in [0, 0.05) is 17.6 Å². The maximum absolute atomic E-state index is 12.4. The summed E-state index contributed by atoms with van der Waals surface area (Å²) in [5.74, 6) is -1.32. The second kappa shape index (κ2) is 6.01. The number of halogens is 2. The van der Waals surface area contributed by atoms with Gasteiger partial charge in [0.25, 0.3) is 0 Å². The molecule has 0 amide bonds. The van der Waals surface area contributed by atoms with Crippen LogP contribution in [0.15, 0.2) is 27.6 Å². The Hall–Kier alpha value is -0.630. The van der Waals surface area contributed by atoms with Gasteiger partial charge in [-0.05, 0) is 47.0 Å². The van der Waals surface area contributed by atoms with Crippen molar-refractivity contribution in [3.8, 4) is 0 Å². The van der Waals surface area contributed by atoms with Crippen molar-refractivity contribution >= 4 is 43.5 Å². The third-order valence-electron chi connectivity index (χ3n) is 3.33. The van der Waals surface area contributed by atoms with Crippen molar-refractivity contribution in [1.29, 1.82) is 0 Å². The van der Waals surface area contributed by atoms with E-state index in [0.717, 1.165) is 0 Å². The van der Waals surface area contributed by atoms with Crippen LogP contribution >= 0.6 is 27.5 Å². The third-order valence-corrected chi connectivity index (χ3v) is 6.44. The van der Waals surface area contributed by atoms with E-state index in [1.54, 1.807) is 0 Å². The molecule has 0 aromatic heterocycles. The van der Waals surface area contributed by atoms with Crippen LogP contribution in [0.3, 0.4) is 0 Å². The maximum Gasteiger partial charge on any atom is 0.306 e. The summed E-state index contributed by atoms with van der Waals surface area (Å²) in [6.07, 6.45) is 0.673. The minimum absolute atomic E-state index is 0.155. The summed E-state index contributed by atoms with van der Waals surface area (Å²) in [5.41, 5.74) is 0. The lowest BCUT2D eigenvalue weighted by atomic mass is 9.99. The van der Waals surface area contributed by atoms with E-state index in [2.05, 4.69) is 15.9 Å². The Kier molecular flexibility index (Phi) is 4.73. The molecule has 1 aliphatic rings. The molecule has 20 heavy (non-hydrogen) atoms. The first-order chi connectivity index (χ1) is 9.32. The lowest BCUT2D eigenvalue weighted by Gasteiger charge is -2.29. The molecule has 5 nitrogen and oxygen atoms in total. The van der Waals surface area contributed by atoms with E-state index in [-0.39, 0.29) is 18.0 Å². The van der Waals surface area contributed by atoms with Crippen LogP contribution in [0.2, 0.25) is 5.02 Å². The van der Waals surface area contributed by atoms with E-state index in [1.807, 2.05) is 0 Å². The molecule has 1 aliphatic heterocycles. The number of nitrogens with zero attached hydrogens (tertiary/aromatic N) is 1. The normalized spacial score (nSPS) is 18.1. The first kappa shape index (κ1) is 15.8. The molecule has 8 heteroatoms. The molecule has 0 aliphatic carbocycles. The largest absolute Gasteiger partial charge is 0.481 e. The number of rotatable bonds is 3.